The van der Waals surface area contributed by atoms with E-state index in [1.54, 1.807) is 22.7 Å². The van der Waals surface area contributed by atoms with Crippen molar-refractivity contribution in [1.82, 2.24) is 19.9 Å². The molecule has 0 saturated carbocycles. The molecular weight excluding hydrogens is 434 g/mol. The third-order valence-electron chi connectivity index (χ3n) is 5.27. The molecule has 0 aliphatic heterocycles. The molecule has 7 nitrogen and oxygen atoms in total. The Morgan fingerprint density at radius 3 is 2.61 bits per heavy atom. The first kappa shape index (κ1) is 22.5. The normalized spacial score (nSPS) is 10.8. The van der Waals surface area contributed by atoms with E-state index in [2.05, 4.69) is 27.8 Å². The van der Waals surface area contributed by atoms with Gasteiger partial charge in [0.15, 0.2) is 10.8 Å². The lowest BCUT2D eigenvalue weighted by Gasteiger charge is -2.12. The van der Waals surface area contributed by atoms with Gasteiger partial charge in [-0.15, -0.1) is 10.2 Å². The van der Waals surface area contributed by atoms with Gasteiger partial charge >= 0.3 is 0 Å². The number of nitrogens with zero attached hydrogens (tertiary/aromatic N) is 3. The van der Waals surface area contributed by atoms with Gasteiger partial charge in [-0.3, -0.25) is 14.0 Å². The quantitative estimate of drug-likeness (QED) is 0.385. The number of pyridine rings is 1. The Morgan fingerprint density at radius 2 is 1.82 bits per heavy atom. The monoisotopic (exact) mass is 459 g/mol. The molecule has 0 unspecified atom stereocenters. The fourth-order valence-corrected chi connectivity index (χ4v) is 4.21. The van der Waals surface area contributed by atoms with Crippen molar-refractivity contribution in [2.24, 2.45) is 0 Å². The minimum absolute atomic E-state index is 0.113. The molecule has 2 aromatic heterocycles. The van der Waals surface area contributed by atoms with Crippen LogP contribution < -0.4 is 10.6 Å². The topological polar surface area (TPSA) is 88.4 Å². The largest absolute Gasteiger partial charge is 0.348 e. The first-order valence-electron chi connectivity index (χ1n) is 10.7. The molecule has 0 atom stereocenters. The van der Waals surface area contributed by atoms with Crippen LogP contribution in [0, 0.1) is 6.92 Å². The molecule has 0 spiro atoms. The van der Waals surface area contributed by atoms with E-state index in [1.807, 2.05) is 55.5 Å². The number of nitrogens with one attached hydrogen (secondary N) is 2. The lowest BCUT2D eigenvalue weighted by Crippen LogP contribution is -2.23. The maximum absolute atomic E-state index is 12.6. The number of rotatable bonds is 8. The lowest BCUT2D eigenvalue weighted by atomic mass is 10.1. The number of para-hydroxylation sites is 1. The number of benzene rings is 2. The fraction of sp³-hybridized carbons (Fsp3) is 0.200. The van der Waals surface area contributed by atoms with Crippen LogP contribution in [-0.2, 0) is 17.8 Å². The molecule has 2 N–H and O–H groups in total. The van der Waals surface area contributed by atoms with E-state index in [0.717, 1.165) is 28.8 Å². The number of thioether (sulfide) groups is 1. The number of carbonyl (C=O) groups is 2. The minimum Gasteiger partial charge on any atom is -0.348 e. The number of aryl methyl sites for hydroxylation is 2. The summed E-state index contributed by atoms with van der Waals surface area (Å²) in [6.07, 6.45) is 2.54. The van der Waals surface area contributed by atoms with Gasteiger partial charge in [-0.2, -0.15) is 0 Å². The number of amides is 2. The van der Waals surface area contributed by atoms with Gasteiger partial charge in [0.05, 0.1) is 11.3 Å². The average molecular weight is 460 g/mol. The smallest absolute Gasteiger partial charge is 0.253 e. The van der Waals surface area contributed by atoms with Gasteiger partial charge in [0.1, 0.15) is 0 Å². The van der Waals surface area contributed by atoms with Crippen molar-refractivity contribution in [3.8, 4) is 0 Å². The van der Waals surface area contributed by atoms with E-state index >= 15 is 0 Å². The molecule has 2 aromatic carbocycles. The molecule has 8 heteroatoms. The van der Waals surface area contributed by atoms with Gasteiger partial charge in [0.2, 0.25) is 5.91 Å². The molecule has 4 aromatic rings. The molecule has 0 fully saturated rings. The predicted molar refractivity (Wildman–Crippen MR) is 131 cm³/mol. The molecule has 4 rings (SSSR count). The van der Waals surface area contributed by atoms with E-state index in [0.29, 0.717) is 22.9 Å². The van der Waals surface area contributed by atoms with Gasteiger partial charge in [-0.05, 0) is 42.2 Å². The van der Waals surface area contributed by atoms with Crippen LogP contribution >= 0.6 is 11.8 Å². The fourth-order valence-electron chi connectivity index (χ4n) is 3.49. The zero-order valence-corrected chi connectivity index (χ0v) is 19.4. The second kappa shape index (κ2) is 10.3. The summed E-state index contributed by atoms with van der Waals surface area (Å²) in [6.45, 7) is 4.49. The molecule has 33 heavy (non-hydrogen) atoms. The van der Waals surface area contributed by atoms with E-state index < -0.39 is 0 Å². The third-order valence-corrected chi connectivity index (χ3v) is 6.21. The first-order chi connectivity index (χ1) is 16.0. The van der Waals surface area contributed by atoms with Crippen molar-refractivity contribution in [2.75, 3.05) is 11.1 Å². The second-order valence-corrected chi connectivity index (χ2v) is 8.54. The Kier molecular flexibility index (Phi) is 7.04. The summed E-state index contributed by atoms with van der Waals surface area (Å²) in [5.41, 5.74) is 5.15. The molecule has 0 bridgehead atoms. The van der Waals surface area contributed by atoms with Gasteiger partial charge in [-0.25, -0.2) is 0 Å². The molecule has 0 aliphatic rings. The average Bonchev–Trinajstić information content (AvgIpc) is 3.25. The van der Waals surface area contributed by atoms with Crippen molar-refractivity contribution in [3.63, 3.8) is 0 Å². The number of aromatic nitrogens is 3. The first-order valence-corrected chi connectivity index (χ1v) is 11.7. The number of anilines is 1. The van der Waals surface area contributed by atoms with Gasteiger partial charge in [-0.1, -0.05) is 67.2 Å². The van der Waals surface area contributed by atoms with Crippen molar-refractivity contribution >= 4 is 34.9 Å². The van der Waals surface area contributed by atoms with Crippen molar-refractivity contribution < 1.29 is 9.59 Å². The number of hydrogen-bond donors (Lipinski definition) is 2. The van der Waals surface area contributed by atoms with Crippen LogP contribution in [0.2, 0.25) is 0 Å². The number of fused-ring (bicyclic) bond motifs is 1. The molecule has 2 heterocycles. The van der Waals surface area contributed by atoms with E-state index in [1.165, 1.54) is 11.8 Å². The number of carbonyl (C=O) groups excluding carboxylic acids is 2. The molecular formula is C25H25N5O2S. The molecule has 0 saturated heterocycles. The summed E-state index contributed by atoms with van der Waals surface area (Å²) in [6, 6.07) is 19.2. The van der Waals surface area contributed by atoms with Crippen LogP contribution in [0.25, 0.3) is 5.65 Å². The second-order valence-electron chi connectivity index (χ2n) is 7.60. The van der Waals surface area contributed by atoms with Crippen LogP contribution in [0.3, 0.4) is 0 Å². The highest BCUT2D eigenvalue weighted by Gasteiger charge is 2.14. The molecule has 0 aliphatic carbocycles. The summed E-state index contributed by atoms with van der Waals surface area (Å²) >= 11 is 1.28. The Hall–Kier alpha value is -3.65. The minimum atomic E-state index is -0.185. The maximum Gasteiger partial charge on any atom is 0.253 e. The SMILES string of the molecule is CCc1cccc(C)c1NC(=O)CSc1nnc2ccc(C(=O)NCc3ccccc3)cn12. The van der Waals surface area contributed by atoms with E-state index in [9.17, 15) is 9.59 Å². The molecule has 168 valence electrons. The van der Waals surface area contributed by atoms with Gasteiger partial charge < -0.3 is 10.6 Å². The summed E-state index contributed by atoms with van der Waals surface area (Å²) in [5, 5.41) is 14.8. The van der Waals surface area contributed by atoms with Crippen LogP contribution in [-0.4, -0.2) is 32.2 Å². The van der Waals surface area contributed by atoms with Crippen LogP contribution in [0.15, 0.2) is 72.0 Å². The maximum atomic E-state index is 12.6. The Balaban J connectivity index is 1.42. The summed E-state index contributed by atoms with van der Waals surface area (Å²) in [4.78, 5) is 25.2. The van der Waals surface area contributed by atoms with Crippen LogP contribution in [0.4, 0.5) is 5.69 Å². The zero-order valence-electron chi connectivity index (χ0n) is 18.5. The Morgan fingerprint density at radius 1 is 1.00 bits per heavy atom. The molecule has 0 radical (unpaired) electrons. The Labute approximate surface area is 196 Å². The highest BCUT2D eigenvalue weighted by molar-refractivity contribution is 7.99. The summed E-state index contributed by atoms with van der Waals surface area (Å²) < 4.78 is 1.74. The van der Waals surface area contributed by atoms with Crippen molar-refractivity contribution in [2.45, 2.75) is 32.0 Å². The van der Waals surface area contributed by atoms with Crippen molar-refractivity contribution in [1.29, 1.82) is 0 Å². The van der Waals surface area contributed by atoms with Crippen molar-refractivity contribution in [3.05, 3.63) is 89.1 Å². The van der Waals surface area contributed by atoms with Crippen LogP contribution in [0.5, 0.6) is 0 Å². The number of hydrogen-bond acceptors (Lipinski definition) is 5. The zero-order chi connectivity index (χ0) is 23.2. The highest BCUT2D eigenvalue weighted by atomic mass is 32.2. The lowest BCUT2D eigenvalue weighted by molar-refractivity contribution is -0.113. The van der Waals surface area contributed by atoms with E-state index in [4.69, 9.17) is 0 Å². The summed E-state index contributed by atoms with van der Waals surface area (Å²) in [5.74, 6) is -0.116. The standard InChI is InChI=1S/C25H25N5O2S/c1-3-19-11-7-8-17(2)23(19)27-22(31)16-33-25-29-28-21-13-12-20(15-30(21)25)24(32)26-14-18-9-5-4-6-10-18/h4-13,15H,3,14,16H2,1-2H3,(H,26,32)(H,27,31). The predicted octanol–water partition coefficient (Wildman–Crippen LogP) is 4.26. The summed E-state index contributed by atoms with van der Waals surface area (Å²) in [7, 11) is 0. The third kappa shape index (κ3) is 5.40. The Bertz CT molecular complexity index is 1290. The van der Waals surface area contributed by atoms with Gasteiger partial charge in [0, 0.05) is 18.4 Å². The molecule has 2 amide bonds. The van der Waals surface area contributed by atoms with Gasteiger partial charge in [0.25, 0.3) is 5.91 Å². The van der Waals surface area contributed by atoms with Crippen LogP contribution in [0.1, 0.15) is 34.0 Å². The highest BCUT2D eigenvalue weighted by Crippen LogP contribution is 2.23. The van der Waals surface area contributed by atoms with E-state index in [-0.39, 0.29) is 17.6 Å².